The van der Waals surface area contributed by atoms with Crippen molar-refractivity contribution < 1.29 is 28.9 Å². The quantitative estimate of drug-likeness (QED) is 0.406. The van der Waals surface area contributed by atoms with Crippen molar-refractivity contribution in [2.45, 2.75) is 30.9 Å². The zero-order chi connectivity index (χ0) is 25.3. The number of carbonyl (C=O) groups is 2. The minimum Gasteiger partial charge on any atom is -0.480 e. The molecule has 0 radical (unpaired) electrons. The highest BCUT2D eigenvalue weighted by molar-refractivity contribution is 6.39. The average molecular weight is 522 g/mol. The van der Waals surface area contributed by atoms with Gasteiger partial charge in [-0.25, -0.2) is 4.79 Å². The number of hydrogen-bond donors (Lipinski definition) is 2. The largest absolute Gasteiger partial charge is 0.480 e. The molecule has 2 N–H and O–H groups in total. The first-order chi connectivity index (χ1) is 16.9. The fourth-order valence-electron chi connectivity index (χ4n) is 3.94. The smallest absolute Gasteiger partial charge is 0.326 e. The van der Waals surface area contributed by atoms with Gasteiger partial charge in [-0.1, -0.05) is 65.7 Å². The van der Waals surface area contributed by atoms with E-state index in [4.69, 9.17) is 37.4 Å². The third-order valence-electron chi connectivity index (χ3n) is 5.88. The first kappa shape index (κ1) is 27.2. The molecule has 0 bridgehead atoms. The Balaban J connectivity index is 1.65. The van der Waals surface area contributed by atoms with Crippen molar-refractivity contribution in [1.29, 1.82) is 0 Å². The molecule has 1 amide bonds. The van der Waals surface area contributed by atoms with Crippen LogP contribution >= 0.6 is 23.2 Å². The van der Waals surface area contributed by atoms with Gasteiger partial charge in [-0.05, 0) is 29.7 Å². The molecular weight excluding hydrogens is 493 g/mol. The Kier molecular flexibility index (Phi) is 10.1. The number of ether oxygens (including phenoxy) is 3. The predicted octanol–water partition coefficient (Wildman–Crippen LogP) is 4.95. The molecule has 1 saturated heterocycles. The summed E-state index contributed by atoms with van der Waals surface area (Å²) >= 11 is 12.1. The fourth-order valence-corrected chi connectivity index (χ4v) is 4.51. The minimum atomic E-state index is -1.16. The molecule has 2 aromatic rings. The Labute approximate surface area is 215 Å². The molecule has 1 unspecified atom stereocenters. The van der Waals surface area contributed by atoms with Crippen LogP contribution in [0.2, 0.25) is 10.0 Å². The molecule has 0 spiro atoms. The van der Waals surface area contributed by atoms with Crippen molar-refractivity contribution in [2.24, 2.45) is 0 Å². The summed E-state index contributed by atoms with van der Waals surface area (Å²) in [5.74, 6) is -1.79. The van der Waals surface area contributed by atoms with E-state index >= 15 is 0 Å². The molecule has 7 nitrogen and oxygen atoms in total. The zero-order valence-corrected chi connectivity index (χ0v) is 21.0. The van der Waals surface area contributed by atoms with Gasteiger partial charge in [-0.3, -0.25) is 4.79 Å². The van der Waals surface area contributed by atoms with Crippen LogP contribution < -0.4 is 5.32 Å². The van der Waals surface area contributed by atoms with Gasteiger partial charge in [0.1, 0.15) is 6.04 Å². The second-order valence-electron chi connectivity index (χ2n) is 8.17. The van der Waals surface area contributed by atoms with Crippen LogP contribution in [0.4, 0.5) is 0 Å². The predicted molar refractivity (Wildman–Crippen MR) is 135 cm³/mol. The van der Waals surface area contributed by atoms with E-state index in [1.54, 1.807) is 19.3 Å². The molecule has 1 aliphatic rings. The van der Waals surface area contributed by atoms with E-state index in [0.29, 0.717) is 26.4 Å². The second-order valence-corrected chi connectivity index (χ2v) is 8.98. The molecule has 1 fully saturated rings. The lowest BCUT2D eigenvalue weighted by Gasteiger charge is -2.37. The van der Waals surface area contributed by atoms with Crippen molar-refractivity contribution in [1.82, 2.24) is 5.32 Å². The van der Waals surface area contributed by atoms with Gasteiger partial charge in [-0.15, -0.1) is 0 Å². The number of rotatable bonds is 11. The van der Waals surface area contributed by atoms with Crippen LogP contribution in [0.25, 0.3) is 6.08 Å². The highest BCUT2D eigenvalue weighted by atomic mass is 35.5. The van der Waals surface area contributed by atoms with E-state index in [9.17, 15) is 14.7 Å². The monoisotopic (exact) mass is 521 g/mol. The molecule has 0 aliphatic carbocycles. The summed E-state index contributed by atoms with van der Waals surface area (Å²) in [5.41, 5.74) is 1.62. The molecule has 1 aliphatic heterocycles. The SMILES string of the molecule is COCCOC1(c2ccc(/C=C/CC(NC(=O)c3c(Cl)cccc3Cl)C(=O)O)cc2)CCOCC1. The first-order valence-electron chi connectivity index (χ1n) is 11.3. The summed E-state index contributed by atoms with van der Waals surface area (Å²) in [6.07, 6.45) is 5.15. The normalized spacial score (nSPS) is 16.2. The molecule has 9 heteroatoms. The van der Waals surface area contributed by atoms with Gasteiger partial charge >= 0.3 is 5.97 Å². The highest BCUT2D eigenvalue weighted by Gasteiger charge is 2.35. The van der Waals surface area contributed by atoms with Gasteiger partial charge in [0.05, 0.1) is 34.4 Å². The Hall–Kier alpha value is -2.42. The van der Waals surface area contributed by atoms with Crippen molar-refractivity contribution in [3.8, 4) is 0 Å². The molecule has 1 heterocycles. The zero-order valence-electron chi connectivity index (χ0n) is 19.5. The van der Waals surface area contributed by atoms with Crippen LogP contribution in [0.15, 0.2) is 48.5 Å². The van der Waals surface area contributed by atoms with Crippen molar-refractivity contribution in [3.05, 3.63) is 75.3 Å². The van der Waals surface area contributed by atoms with Gasteiger partial charge in [0.2, 0.25) is 0 Å². The maximum absolute atomic E-state index is 12.6. The number of carboxylic acid groups (broad SMARTS) is 1. The van der Waals surface area contributed by atoms with Crippen LogP contribution in [-0.2, 0) is 24.6 Å². The van der Waals surface area contributed by atoms with Crippen molar-refractivity contribution in [3.63, 3.8) is 0 Å². The number of halogens is 2. The van der Waals surface area contributed by atoms with Gasteiger partial charge in [0, 0.05) is 33.2 Å². The number of methoxy groups -OCH3 is 1. The fraction of sp³-hybridized carbons (Fsp3) is 0.385. The van der Waals surface area contributed by atoms with E-state index in [0.717, 1.165) is 24.0 Å². The molecular formula is C26H29Cl2NO6. The number of hydrogen-bond acceptors (Lipinski definition) is 5. The van der Waals surface area contributed by atoms with E-state index in [1.807, 2.05) is 30.3 Å². The summed E-state index contributed by atoms with van der Waals surface area (Å²) in [6.45, 7) is 2.29. The lowest BCUT2D eigenvalue weighted by molar-refractivity contribution is -0.139. The molecule has 3 rings (SSSR count). The molecule has 2 aromatic carbocycles. The van der Waals surface area contributed by atoms with Gasteiger partial charge in [0.15, 0.2) is 0 Å². The molecule has 188 valence electrons. The van der Waals surface area contributed by atoms with Crippen LogP contribution in [0.5, 0.6) is 0 Å². The Morgan fingerprint density at radius 1 is 1.11 bits per heavy atom. The number of benzene rings is 2. The van der Waals surface area contributed by atoms with E-state index in [2.05, 4.69) is 5.32 Å². The Bertz CT molecular complexity index is 1010. The number of carbonyl (C=O) groups excluding carboxylic acids is 1. The van der Waals surface area contributed by atoms with E-state index in [1.165, 1.54) is 12.1 Å². The summed E-state index contributed by atoms with van der Waals surface area (Å²) in [5, 5.41) is 12.4. The molecule has 1 atom stereocenters. The maximum atomic E-state index is 12.6. The first-order valence-corrected chi connectivity index (χ1v) is 12.1. The Morgan fingerprint density at radius 3 is 2.37 bits per heavy atom. The molecule has 0 aromatic heterocycles. The van der Waals surface area contributed by atoms with Gasteiger partial charge in [-0.2, -0.15) is 0 Å². The van der Waals surface area contributed by atoms with E-state index < -0.39 is 23.5 Å². The van der Waals surface area contributed by atoms with Crippen molar-refractivity contribution >= 4 is 41.2 Å². The summed E-state index contributed by atoms with van der Waals surface area (Å²) in [4.78, 5) is 24.2. The average Bonchev–Trinajstić information content (AvgIpc) is 2.84. The lowest BCUT2D eigenvalue weighted by Crippen LogP contribution is -2.40. The standard InChI is InChI=1S/C26H29Cl2NO6/c1-33-16-17-35-26(12-14-34-15-13-26)19-10-8-18(9-11-19)4-2-7-22(25(31)32)29-24(30)23-20(27)5-3-6-21(23)28/h2-6,8-11,22H,7,12-17H2,1H3,(H,29,30)(H,31,32)/b4-2+. The summed E-state index contributed by atoms with van der Waals surface area (Å²) < 4.78 is 16.9. The third-order valence-corrected chi connectivity index (χ3v) is 6.51. The summed E-state index contributed by atoms with van der Waals surface area (Å²) in [6, 6.07) is 11.5. The van der Waals surface area contributed by atoms with Crippen LogP contribution in [0.1, 0.15) is 40.7 Å². The highest BCUT2D eigenvalue weighted by Crippen LogP contribution is 2.36. The third kappa shape index (κ3) is 7.29. The number of aliphatic carboxylic acids is 1. The van der Waals surface area contributed by atoms with Crippen LogP contribution in [0, 0.1) is 0 Å². The van der Waals surface area contributed by atoms with E-state index in [-0.39, 0.29) is 22.0 Å². The van der Waals surface area contributed by atoms with Crippen molar-refractivity contribution in [2.75, 3.05) is 33.5 Å². The minimum absolute atomic E-state index is 0.0522. The second kappa shape index (κ2) is 13.0. The van der Waals surface area contributed by atoms with Gasteiger partial charge in [0.25, 0.3) is 5.91 Å². The topological polar surface area (TPSA) is 94.1 Å². The summed E-state index contributed by atoms with van der Waals surface area (Å²) in [7, 11) is 1.65. The lowest BCUT2D eigenvalue weighted by atomic mass is 9.85. The molecule has 35 heavy (non-hydrogen) atoms. The number of carboxylic acids is 1. The van der Waals surface area contributed by atoms with Crippen LogP contribution in [-0.4, -0.2) is 56.6 Å². The van der Waals surface area contributed by atoms with Crippen LogP contribution in [0.3, 0.4) is 0 Å². The van der Waals surface area contributed by atoms with Gasteiger partial charge < -0.3 is 24.6 Å². The molecule has 0 saturated carbocycles. The maximum Gasteiger partial charge on any atom is 0.326 e. The number of amides is 1. The Morgan fingerprint density at radius 2 is 1.77 bits per heavy atom. The number of nitrogens with one attached hydrogen (secondary N) is 1.